The average molecular weight is 292 g/mol. The van der Waals surface area contributed by atoms with Gasteiger partial charge in [0.05, 0.1) is 6.04 Å². The van der Waals surface area contributed by atoms with Crippen LogP contribution in [0.25, 0.3) is 0 Å². The highest BCUT2D eigenvalue weighted by molar-refractivity contribution is 5.84. The molecule has 2 fully saturated rings. The van der Waals surface area contributed by atoms with E-state index < -0.39 is 0 Å². The minimum absolute atomic E-state index is 0.124. The predicted octanol–water partition coefficient (Wildman–Crippen LogP) is 2.21. The van der Waals surface area contributed by atoms with Gasteiger partial charge >= 0.3 is 0 Å². The molecule has 1 aromatic carbocycles. The van der Waals surface area contributed by atoms with Gasteiger partial charge in [0, 0.05) is 19.3 Å². The lowest BCUT2D eigenvalue weighted by atomic mass is 10.0. The Morgan fingerprint density at radius 3 is 2.81 bits per heavy atom. The lowest BCUT2D eigenvalue weighted by molar-refractivity contribution is -0.134. The topological polar surface area (TPSA) is 41.6 Å². The Labute approximate surface area is 124 Å². The van der Waals surface area contributed by atoms with Gasteiger partial charge in [0.2, 0.25) is 5.91 Å². The second-order valence-electron chi connectivity index (χ2n) is 5.67. The summed E-state index contributed by atoms with van der Waals surface area (Å²) in [6.45, 7) is 3.36. The third-order valence-corrected chi connectivity index (χ3v) is 4.35. The van der Waals surface area contributed by atoms with E-state index in [2.05, 4.69) is 5.32 Å². The molecule has 2 heterocycles. The maximum Gasteiger partial charge on any atom is 0.241 e. The summed E-state index contributed by atoms with van der Waals surface area (Å²) in [5.74, 6) is -0.146. The quantitative estimate of drug-likeness (QED) is 0.929. The molecular weight excluding hydrogens is 271 g/mol. The van der Waals surface area contributed by atoms with Crippen LogP contribution < -0.4 is 5.32 Å². The Balaban J connectivity index is 1.90. The highest BCUT2D eigenvalue weighted by Crippen LogP contribution is 2.32. The summed E-state index contributed by atoms with van der Waals surface area (Å²) in [7, 11) is 0. The molecular formula is C16H21FN2O2. The number of halogens is 1. The Morgan fingerprint density at radius 2 is 2.14 bits per heavy atom. The van der Waals surface area contributed by atoms with Crippen LogP contribution in [0.4, 0.5) is 4.39 Å². The van der Waals surface area contributed by atoms with E-state index in [0.29, 0.717) is 13.2 Å². The van der Waals surface area contributed by atoms with Gasteiger partial charge in [0.25, 0.3) is 0 Å². The second-order valence-corrected chi connectivity index (χ2v) is 5.67. The van der Waals surface area contributed by atoms with Crippen molar-refractivity contribution in [3.8, 4) is 0 Å². The van der Waals surface area contributed by atoms with Gasteiger partial charge in [-0.05, 0) is 37.0 Å². The zero-order valence-electron chi connectivity index (χ0n) is 12.2. The molecule has 0 bridgehead atoms. The Kier molecular flexibility index (Phi) is 4.22. The number of nitrogens with one attached hydrogen (secondary N) is 1. The van der Waals surface area contributed by atoms with Crippen LogP contribution >= 0.6 is 0 Å². The van der Waals surface area contributed by atoms with Crippen LogP contribution in [-0.2, 0) is 9.53 Å². The molecule has 5 heteroatoms. The van der Waals surface area contributed by atoms with Crippen molar-refractivity contribution in [1.82, 2.24) is 10.2 Å². The summed E-state index contributed by atoms with van der Waals surface area (Å²) in [5.41, 5.74) is 0.811. The van der Waals surface area contributed by atoms with Gasteiger partial charge in [-0.2, -0.15) is 0 Å². The average Bonchev–Trinajstić information content (AvgIpc) is 2.85. The number of amides is 1. The van der Waals surface area contributed by atoms with Gasteiger partial charge in [0.1, 0.15) is 12.0 Å². The zero-order chi connectivity index (χ0) is 14.8. The van der Waals surface area contributed by atoms with Crippen LogP contribution in [-0.4, -0.2) is 36.1 Å². The summed E-state index contributed by atoms with van der Waals surface area (Å²) in [5, 5.41) is 3.35. The van der Waals surface area contributed by atoms with Crippen molar-refractivity contribution in [2.75, 3.05) is 13.2 Å². The van der Waals surface area contributed by atoms with Crippen molar-refractivity contribution >= 4 is 5.91 Å². The fourth-order valence-electron chi connectivity index (χ4n) is 3.23. The predicted molar refractivity (Wildman–Crippen MR) is 77.0 cm³/mol. The summed E-state index contributed by atoms with van der Waals surface area (Å²) >= 11 is 0. The van der Waals surface area contributed by atoms with E-state index in [1.54, 1.807) is 6.07 Å². The maximum absolute atomic E-state index is 13.5. The number of rotatable bonds is 3. The SMILES string of the molecule is CCC1NC(c2cccc(F)c2)N(C2CCOCC2)C1=O. The number of nitrogens with zero attached hydrogens (tertiary/aromatic N) is 1. The number of ether oxygens (including phenoxy) is 1. The highest BCUT2D eigenvalue weighted by atomic mass is 19.1. The van der Waals surface area contributed by atoms with E-state index in [0.717, 1.165) is 24.8 Å². The number of hydrogen-bond acceptors (Lipinski definition) is 3. The molecule has 0 saturated carbocycles. The van der Waals surface area contributed by atoms with E-state index in [-0.39, 0.29) is 30.0 Å². The minimum Gasteiger partial charge on any atom is -0.381 e. The van der Waals surface area contributed by atoms with Gasteiger partial charge in [-0.15, -0.1) is 0 Å². The number of benzene rings is 1. The first-order valence-corrected chi connectivity index (χ1v) is 7.62. The third kappa shape index (κ3) is 2.80. The van der Waals surface area contributed by atoms with Crippen LogP contribution in [0.3, 0.4) is 0 Å². The van der Waals surface area contributed by atoms with Crippen molar-refractivity contribution in [3.05, 3.63) is 35.6 Å². The van der Waals surface area contributed by atoms with Crippen LogP contribution in [0.5, 0.6) is 0 Å². The van der Waals surface area contributed by atoms with Gasteiger partial charge in [-0.1, -0.05) is 19.1 Å². The van der Waals surface area contributed by atoms with E-state index >= 15 is 0 Å². The molecule has 0 radical (unpaired) electrons. The van der Waals surface area contributed by atoms with E-state index in [1.807, 2.05) is 17.9 Å². The van der Waals surface area contributed by atoms with Gasteiger partial charge in [-0.25, -0.2) is 4.39 Å². The molecule has 0 aromatic heterocycles. The number of carbonyl (C=O) groups is 1. The molecule has 3 rings (SSSR count). The zero-order valence-corrected chi connectivity index (χ0v) is 12.2. The molecule has 2 aliphatic rings. The first-order valence-electron chi connectivity index (χ1n) is 7.62. The molecule has 1 N–H and O–H groups in total. The van der Waals surface area contributed by atoms with Crippen molar-refractivity contribution in [2.45, 2.75) is 44.4 Å². The van der Waals surface area contributed by atoms with E-state index in [1.165, 1.54) is 12.1 Å². The molecule has 1 amide bonds. The van der Waals surface area contributed by atoms with Crippen molar-refractivity contribution < 1.29 is 13.9 Å². The summed E-state index contributed by atoms with van der Waals surface area (Å²) in [6, 6.07) is 6.49. The molecule has 0 spiro atoms. The molecule has 2 aliphatic heterocycles. The second kappa shape index (κ2) is 6.12. The van der Waals surface area contributed by atoms with E-state index in [4.69, 9.17) is 4.74 Å². The molecule has 1 aromatic rings. The van der Waals surface area contributed by atoms with Crippen LogP contribution in [0.15, 0.2) is 24.3 Å². The molecule has 0 aliphatic carbocycles. The summed E-state index contributed by atoms with van der Waals surface area (Å²) in [4.78, 5) is 14.5. The largest absolute Gasteiger partial charge is 0.381 e. The normalized spacial score (nSPS) is 27.3. The van der Waals surface area contributed by atoms with Crippen molar-refractivity contribution in [2.24, 2.45) is 0 Å². The van der Waals surface area contributed by atoms with Gasteiger partial charge < -0.3 is 9.64 Å². The van der Waals surface area contributed by atoms with Crippen molar-refractivity contribution in [3.63, 3.8) is 0 Å². The number of hydrogen-bond donors (Lipinski definition) is 1. The Morgan fingerprint density at radius 1 is 1.38 bits per heavy atom. The van der Waals surface area contributed by atoms with Gasteiger partial charge in [0.15, 0.2) is 0 Å². The standard InChI is InChI=1S/C16H21FN2O2/c1-2-14-16(20)19(13-6-8-21-9-7-13)15(18-14)11-4-3-5-12(17)10-11/h3-5,10,13-15,18H,2,6-9H2,1H3. The molecule has 2 saturated heterocycles. The lowest BCUT2D eigenvalue weighted by Gasteiger charge is -2.35. The summed E-state index contributed by atoms with van der Waals surface area (Å²) < 4.78 is 18.9. The minimum atomic E-state index is -0.270. The van der Waals surface area contributed by atoms with E-state index in [9.17, 15) is 9.18 Å². The molecule has 114 valence electrons. The van der Waals surface area contributed by atoms with Crippen LogP contribution in [0, 0.1) is 5.82 Å². The summed E-state index contributed by atoms with van der Waals surface area (Å²) in [6.07, 6.45) is 2.19. The molecule has 2 unspecified atom stereocenters. The monoisotopic (exact) mass is 292 g/mol. The fourth-order valence-corrected chi connectivity index (χ4v) is 3.23. The Bertz CT molecular complexity index is 517. The first-order chi connectivity index (χ1) is 10.2. The molecule has 4 nitrogen and oxygen atoms in total. The first kappa shape index (κ1) is 14.5. The fraction of sp³-hybridized carbons (Fsp3) is 0.562. The van der Waals surface area contributed by atoms with Gasteiger partial charge in [-0.3, -0.25) is 10.1 Å². The van der Waals surface area contributed by atoms with Crippen molar-refractivity contribution in [1.29, 1.82) is 0 Å². The Hall–Kier alpha value is -1.46. The van der Waals surface area contributed by atoms with Crippen LogP contribution in [0.1, 0.15) is 37.9 Å². The smallest absolute Gasteiger partial charge is 0.241 e. The third-order valence-electron chi connectivity index (χ3n) is 4.35. The highest BCUT2D eigenvalue weighted by Gasteiger charge is 2.42. The number of carbonyl (C=O) groups excluding carboxylic acids is 1. The van der Waals surface area contributed by atoms with Crippen LogP contribution in [0.2, 0.25) is 0 Å². The maximum atomic E-state index is 13.5. The molecule has 21 heavy (non-hydrogen) atoms. The lowest BCUT2D eigenvalue weighted by Crippen LogP contribution is -2.43. The molecule has 2 atom stereocenters.